The minimum absolute atomic E-state index is 0.0343. The summed E-state index contributed by atoms with van der Waals surface area (Å²) in [6.45, 7) is 3.66. The van der Waals surface area contributed by atoms with E-state index in [0.717, 1.165) is 26.1 Å². The average molecular weight is 231 g/mol. The van der Waals surface area contributed by atoms with Crippen LogP contribution in [0.2, 0.25) is 6.82 Å². The van der Waals surface area contributed by atoms with E-state index < -0.39 is 0 Å². The van der Waals surface area contributed by atoms with Crippen LogP contribution >= 0.6 is 0 Å². The molecule has 17 heavy (non-hydrogen) atoms. The van der Waals surface area contributed by atoms with E-state index in [4.69, 9.17) is 9.47 Å². The van der Waals surface area contributed by atoms with Gasteiger partial charge in [0, 0.05) is 6.61 Å². The maximum Gasteiger partial charge on any atom is 0.157 e. The van der Waals surface area contributed by atoms with Crippen LogP contribution in [0.5, 0.6) is 0 Å². The lowest BCUT2D eigenvalue weighted by atomic mass is 9.73. The highest BCUT2D eigenvalue weighted by molar-refractivity contribution is 6.51. The van der Waals surface area contributed by atoms with Crippen LogP contribution in [-0.4, -0.2) is 26.8 Å². The lowest BCUT2D eigenvalue weighted by molar-refractivity contribution is -0.161. The molecule has 0 aromatic heterocycles. The first-order valence-corrected chi connectivity index (χ1v) is 6.50. The van der Waals surface area contributed by atoms with Crippen molar-refractivity contribution in [1.82, 2.24) is 0 Å². The number of rotatable bonds is 5. The topological polar surface area (TPSA) is 18.5 Å². The first-order chi connectivity index (χ1) is 8.38. The second kappa shape index (κ2) is 6.82. The summed E-state index contributed by atoms with van der Waals surface area (Å²) < 4.78 is 11.2. The Hall–Kier alpha value is -0.795. The molecule has 2 rings (SSSR count). The Balaban J connectivity index is 1.69. The summed E-state index contributed by atoms with van der Waals surface area (Å²) in [7, 11) is 2.11. The van der Waals surface area contributed by atoms with Crippen molar-refractivity contribution in [3.8, 4) is 0 Å². The molecular weight excluding hydrogens is 211 g/mol. The van der Waals surface area contributed by atoms with Crippen molar-refractivity contribution < 1.29 is 9.47 Å². The Morgan fingerprint density at radius 1 is 1.29 bits per heavy atom. The van der Waals surface area contributed by atoms with Crippen molar-refractivity contribution in [1.29, 1.82) is 0 Å². The van der Waals surface area contributed by atoms with Gasteiger partial charge in [0.15, 0.2) is 6.29 Å². The van der Waals surface area contributed by atoms with Gasteiger partial charge >= 0.3 is 0 Å². The SMILES string of the molecule is C[B]c1ccc(CCOC2CCCCO2)cc1. The summed E-state index contributed by atoms with van der Waals surface area (Å²) in [6.07, 6.45) is 4.45. The zero-order valence-electron chi connectivity index (χ0n) is 10.5. The highest BCUT2D eigenvalue weighted by Crippen LogP contribution is 2.13. The molecule has 1 aliphatic heterocycles. The molecule has 1 unspecified atom stereocenters. The molecule has 1 atom stereocenters. The Bertz CT molecular complexity index is 317. The van der Waals surface area contributed by atoms with Crippen LogP contribution in [0.1, 0.15) is 24.8 Å². The van der Waals surface area contributed by atoms with Crippen LogP contribution in [0.25, 0.3) is 0 Å². The smallest absolute Gasteiger partial charge is 0.157 e. The first kappa shape index (κ1) is 12.7. The van der Waals surface area contributed by atoms with Gasteiger partial charge < -0.3 is 9.47 Å². The molecule has 0 amide bonds. The van der Waals surface area contributed by atoms with Gasteiger partial charge in [-0.3, -0.25) is 0 Å². The van der Waals surface area contributed by atoms with Crippen molar-refractivity contribution in [3.63, 3.8) is 0 Å². The lowest BCUT2D eigenvalue weighted by Crippen LogP contribution is -2.23. The Labute approximate surface area is 105 Å². The normalized spacial score (nSPS) is 20.2. The molecule has 1 aromatic rings. The highest BCUT2D eigenvalue weighted by atomic mass is 16.7. The Kier molecular flexibility index (Phi) is 5.08. The maximum atomic E-state index is 5.71. The zero-order chi connectivity index (χ0) is 11.9. The predicted molar refractivity (Wildman–Crippen MR) is 70.9 cm³/mol. The fourth-order valence-electron chi connectivity index (χ4n) is 2.03. The van der Waals surface area contributed by atoms with Crippen LogP contribution in [0.3, 0.4) is 0 Å². The molecule has 0 aliphatic carbocycles. The van der Waals surface area contributed by atoms with Gasteiger partial charge in [-0.2, -0.15) is 0 Å². The van der Waals surface area contributed by atoms with E-state index in [2.05, 4.69) is 38.4 Å². The van der Waals surface area contributed by atoms with E-state index >= 15 is 0 Å². The largest absolute Gasteiger partial charge is 0.353 e. The van der Waals surface area contributed by atoms with Crippen molar-refractivity contribution in [3.05, 3.63) is 29.8 Å². The minimum Gasteiger partial charge on any atom is -0.353 e. The average Bonchev–Trinajstić information content (AvgIpc) is 2.41. The van der Waals surface area contributed by atoms with E-state index in [9.17, 15) is 0 Å². The molecule has 0 N–H and O–H groups in total. The third-order valence-electron chi connectivity index (χ3n) is 3.15. The quantitative estimate of drug-likeness (QED) is 0.723. The van der Waals surface area contributed by atoms with Crippen LogP contribution in [-0.2, 0) is 15.9 Å². The van der Waals surface area contributed by atoms with E-state index in [1.54, 1.807) is 0 Å². The van der Waals surface area contributed by atoms with E-state index in [1.165, 1.54) is 23.9 Å². The molecule has 0 bridgehead atoms. The molecule has 91 valence electrons. The van der Waals surface area contributed by atoms with E-state index in [-0.39, 0.29) is 6.29 Å². The molecular formula is C14H20BO2. The van der Waals surface area contributed by atoms with E-state index in [0.29, 0.717) is 0 Å². The van der Waals surface area contributed by atoms with Crippen molar-refractivity contribution in [2.75, 3.05) is 13.2 Å². The molecule has 0 saturated carbocycles. The third-order valence-corrected chi connectivity index (χ3v) is 3.15. The monoisotopic (exact) mass is 231 g/mol. The van der Waals surface area contributed by atoms with E-state index in [1.807, 2.05) is 0 Å². The predicted octanol–water partition coefficient (Wildman–Crippen LogP) is 2.15. The second-order valence-corrected chi connectivity index (χ2v) is 4.45. The zero-order valence-corrected chi connectivity index (χ0v) is 10.5. The van der Waals surface area contributed by atoms with Gasteiger partial charge in [0.1, 0.15) is 7.28 Å². The number of benzene rings is 1. The van der Waals surface area contributed by atoms with Gasteiger partial charge in [0.05, 0.1) is 6.61 Å². The third kappa shape index (κ3) is 4.17. The summed E-state index contributed by atoms with van der Waals surface area (Å²) in [5.41, 5.74) is 2.59. The van der Waals surface area contributed by atoms with Crippen molar-refractivity contribution in [2.45, 2.75) is 38.8 Å². The lowest BCUT2D eigenvalue weighted by Gasteiger charge is -2.22. The molecule has 1 saturated heterocycles. The standard InChI is InChI=1S/C14H20BO2/c1-15-13-7-5-12(6-8-13)9-11-17-14-4-2-3-10-16-14/h5-8,14H,2-4,9-11H2,1H3. The van der Waals surface area contributed by atoms with Gasteiger partial charge in [-0.25, -0.2) is 0 Å². The molecule has 1 aliphatic rings. The van der Waals surface area contributed by atoms with Gasteiger partial charge in [0.25, 0.3) is 0 Å². The van der Waals surface area contributed by atoms with Gasteiger partial charge in [0.2, 0.25) is 0 Å². The summed E-state index contributed by atoms with van der Waals surface area (Å²) in [4.78, 5) is 0. The Morgan fingerprint density at radius 3 is 2.76 bits per heavy atom. The molecule has 1 radical (unpaired) electrons. The van der Waals surface area contributed by atoms with Crippen molar-refractivity contribution >= 4 is 12.7 Å². The summed E-state index contributed by atoms with van der Waals surface area (Å²) in [6, 6.07) is 8.62. The summed E-state index contributed by atoms with van der Waals surface area (Å²) in [5.74, 6) is 0. The number of hydrogen-bond acceptors (Lipinski definition) is 2. The van der Waals surface area contributed by atoms with Crippen LogP contribution in [0.15, 0.2) is 24.3 Å². The molecule has 0 spiro atoms. The van der Waals surface area contributed by atoms with Crippen LogP contribution < -0.4 is 5.46 Å². The molecule has 1 heterocycles. The molecule has 3 heteroatoms. The number of hydrogen-bond donors (Lipinski definition) is 0. The van der Waals surface area contributed by atoms with Crippen molar-refractivity contribution in [2.24, 2.45) is 0 Å². The minimum atomic E-state index is 0.0343. The fourth-order valence-corrected chi connectivity index (χ4v) is 2.03. The Morgan fingerprint density at radius 2 is 2.12 bits per heavy atom. The fraction of sp³-hybridized carbons (Fsp3) is 0.571. The first-order valence-electron chi connectivity index (χ1n) is 6.50. The molecule has 1 fully saturated rings. The highest BCUT2D eigenvalue weighted by Gasteiger charge is 2.13. The second-order valence-electron chi connectivity index (χ2n) is 4.45. The molecule has 2 nitrogen and oxygen atoms in total. The maximum absolute atomic E-state index is 5.71. The summed E-state index contributed by atoms with van der Waals surface area (Å²) in [5, 5.41) is 0. The van der Waals surface area contributed by atoms with Gasteiger partial charge in [-0.15, -0.1) is 0 Å². The van der Waals surface area contributed by atoms with Gasteiger partial charge in [-0.05, 0) is 31.2 Å². The number of ether oxygens (including phenoxy) is 2. The summed E-state index contributed by atoms with van der Waals surface area (Å²) >= 11 is 0. The molecule has 1 aromatic carbocycles. The van der Waals surface area contributed by atoms with Crippen LogP contribution in [0, 0.1) is 0 Å². The van der Waals surface area contributed by atoms with Crippen LogP contribution in [0.4, 0.5) is 0 Å². The van der Waals surface area contributed by atoms with Gasteiger partial charge in [-0.1, -0.05) is 36.6 Å².